The average Bonchev–Trinajstić information content (AvgIpc) is 3.31. The third kappa shape index (κ3) is 3.38. The number of carbonyl (C=O) groups is 1. The minimum atomic E-state index is -0.437. The maximum atomic E-state index is 14.1. The maximum absolute atomic E-state index is 14.1. The average molecular weight is 389 g/mol. The van der Waals surface area contributed by atoms with Crippen molar-refractivity contribution >= 4 is 28.4 Å². The first-order valence-electron chi connectivity index (χ1n) is 8.60. The number of aromatic nitrogens is 1. The molecule has 0 spiro atoms. The lowest BCUT2D eigenvalue weighted by Crippen LogP contribution is -2.37. The Morgan fingerprint density at radius 3 is 2.81 bits per heavy atom. The molecule has 2 N–H and O–H groups in total. The molecule has 2 atom stereocenters. The molecule has 0 unspecified atom stereocenters. The minimum Gasteiger partial charge on any atom is -0.496 e. The van der Waals surface area contributed by atoms with E-state index in [1.807, 2.05) is 12.1 Å². The minimum absolute atomic E-state index is 0.183. The summed E-state index contributed by atoms with van der Waals surface area (Å²) in [5.41, 5.74) is 1.47. The highest BCUT2D eigenvalue weighted by Gasteiger charge is 2.31. The Morgan fingerprint density at radius 1 is 1.30 bits per heavy atom. The van der Waals surface area contributed by atoms with Crippen LogP contribution in [0.1, 0.15) is 28.6 Å². The van der Waals surface area contributed by atoms with Crippen LogP contribution in [0.5, 0.6) is 5.75 Å². The highest BCUT2D eigenvalue weighted by molar-refractivity contribution is 6.30. The van der Waals surface area contributed by atoms with Crippen LogP contribution < -0.4 is 10.1 Å². The lowest BCUT2D eigenvalue weighted by Gasteiger charge is -2.20. The van der Waals surface area contributed by atoms with Crippen LogP contribution in [0.15, 0.2) is 42.5 Å². The van der Waals surface area contributed by atoms with Crippen molar-refractivity contribution in [3.63, 3.8) is 0 Å². The molecule has 5 nitrogen and oxygen atoms in total. The summed E-state index contributed by atoms with van der Waals surface area (Å²) in [4.78, 5) is 15.6. The summed E-state index contributed by atoms with van der Waals surface area (Å²) < 4.78 is 25.1. The lowest BCUT2D eigenvalue weighted by molar-refractivity contribution is 0.0818. The van der Waals surface area contributed by atoms with E-state index in [-0.39, 0.29) is 29.3 Å². The van der Waals surface area contributed by atoms with E-state index in [9.17, 15) is 9.18 Å². The van der Waals surface area contributed by atoms with Crippen molar-refractivity contribution in [2.75, 3.05) is 13.7 Å². The second-order valence-electron chi connectivity index (χ2n) is 6.43. The number of methoxy groups -OCH3 is 1. The molecule has 1 aliphatic heterocycles. The van der Waals surface area contributed by atoms with Gasteiger partial charge in [0.05, 0.1) is 18.7 Å². The molecule has 1 fully saturated rings. The smallest absolute Gasteiger partial charge is 0.268 e. The Labute approximate surface area is 160 Å². The van der Waals surface area contributed by atoms with Gasteiger partial charge >= 0.3 is 0 Å². The molecule has 1 aromatic heterocycles. The molecule has 0 saturated carbocycles. The normalized spacial score (nSPS) is 19.4. The van der Waals surface area contributed by atoms with Crippen molar-refractivity contribution in [3.05, 3.63) is 64.6 Å². The van der Waals surface area contributed by atoms with Crippen LogP contribution in [-0.2, 0) is 4.74 Å². The molecule has 1 saturated heterocycles. The van der Waals surface area contributed by atoms with E-state index in [0.29, 0.717) is 29.2 Å². The van der Waals surface area contributed by atoms with Crippen molar-refractivity contribution in [1.29, 1.82) is 0 Å². The number of H-pyrrole nitrogens is 1. The Morgan fingerprint density at radius 2 is 2.07 bits per heavy atom. The van der Waals surface area contributed by atoms with Crippen LogP contribution in [0.25, 0.3) is 10.9 Å². The Balaban J connectivity index is 1.57. The lowest BCUT2D eigenvalue weighted by atomic mass is 10.0. The molecular formula is C20H18ClFN2O3. The molecule has 0 radical (unpaired) electrons. The molecule has 140 valence electrons. The second kappa shape index (κ2) is 7.21. The first kappa shape index (κ1) is 17.8. The van der Waals surface area contributed by atoms with Crippen molar-refractivity contribution in [2.24, 2.45) is 0 Å². The molecule has 7 heteroatoms. The second-order valence-corrected chi connectivity index (χ2v) is 6.87. The third-order valence-corrected chi connectivity index (χ3v) is 5.03. The Hall–Kier alpha value is -2.57. The van der Waals surface area contributed by atoms with Crippen LogP contribution in [0, 0.1) is 5.82 Å². The van der Waals surface area contributed by atoms with Crippen LogP contribution >= 0.6 is 11.6 Å². The molecule has 0 bridgehead atoms. The highest BCUT2D eigenvalue weighted by Crippen LogP contribution is 2.31. The van der Waals surface area contributed by atoms with Gasteiger partial charge < -0.3 is 19.8 Å². The number of rotatable bonds is 4. The van der Waals surface area contributed by atoms with Crippen molar-refractivity contribution in [3.8, 4) is 5.75 Å². The number of hydrogen-bond donors (Lipinski definition) is 2. The summed E-state index contributed by atoms with van der Waals surface area (Å²) in [5.74, 6) is -0.250. The van der Waals surface area contributed by atoms with Crippen molar-refractivity contribution < 1.29 is 18.7 Å². The molecule has 1 amide bonds. The fraction of sp³-hybridized carbons (Fsp3) is 0.250. The summed E-state index contributed by atoms with van der Waals surface area (Å²) in [6.07, 6.45) is 0.443. The number of fused-ring (bicyclic) bond motifs is 1. The molecule has 3 aromatic rings. The molecule has 2 heterocycles. The van der Waals surface area contributed by atoms with Gasteiger partial charge in [-0.3, -0.25) is 4.79 Å². The highest BCUT2D eigenvalue weighted by atomic mass is 35.5. The van der Waals surface area contributed by atoms with Gasteiger partial charge in [0.1, 0.15) is 23.4 Å². The standard InChI is InChI=1S/C20H18ClFN2O3/c1-26-17-7-6-14(22)18-13(17)10-16(23-18)20(25)24-15-8-9-27-19(15)11-2-4-12(21)5-3-11/h2-7,10,15,19,23H,8-9H2,1H3,(H,24,25)/t15-,19+/m1/s1. The van der Waals surface area contributed by atoms with E-state index in [2.05, 4.69) is 10.3 Å². The molecule has 0 aliphatic carbocycles. The van der Waals surface area contributed by atoms with E-state index in [4.69, 9.17) is 21.1 Å². The monoisotopic (exact) mass is 388 g/mol. The number of halogens is 2. The zero-order valence-electron chi connectivity index (χ0n) is 14.6. The number of aromatic amines is 1. The number of ether oxygens (including phenoxy) is 2. The molecule has 27 heavy (non-hydrogen) atoms. The van der Waals surface area contributed by atoms with Gasteiger partial charge in [-0.15, -0.1) is 0 Å². The van der Waals surface area contributed by atoms with Gasteiger partial charge in [0.2, 0.25) is 0 Å². The van der Waals surface area contributed by atoms with Crippen LogP contribution in [-0.4, -0.2) is 30.6 Å². The van der Waals surface area contributed by atoms with E-state index < -0.39 is 5.82 Å². The van der Waals surface area contributed by atoms with Gasteiger partial charge in [-0.1, -0.05) is 23.7 Å². The third-order valence-electron chi connectivity index (χ3n) is 4.77. The van der Waals surface area contributed by atoms with Crippen LogP contribution in [0.3, 0.4) is 0 Å². The predicted octanol–water partition coefficient (Wildman–Crippen LogP) is 4.23. The van der Waals surface area contributed by atoms with Gasteiger partial charge in [0, 0.05) is 17.0 Å². The number of benzene rings is 2. The van der Waals surface area contributed by atoms with Crippen LogP contribution in [0.2, 0.25) is 5.02 Å². The summed E-state index contributed by atoms with van der Waals surface area (Å²) in [7, 11) is 1.51. The van der Waals surface area contributed by atoms with Gasteiger partial charge in [0.15, 0.2) is 0 Å². The fourth-order valence-electron chi connectivity index (χ4n) is 3.42. The molecule has 2 aromatic carbocycles. The number of hydrogen-bond acceptors (Lipinski definition) is 3. The van der Waals surface area contributed by atoms with Gasteiger partial charge in [-0.05, 0) is 42.3 Å². The van der Waals surface area contributed by atoms with Crippen LogP contribution in [0.4, 0.5) is 4.39 Å². The molecule has 4 rings (SSSR count). The van der Waals surface area contributed by atoms with E-state index >= 15 is 0 Å². The van der Waals surface area contributed by atoms with Gasteiger partial charge in [-0.25, -0.2) is 4.39 Å². The largest absolute Gasteiger partial charge is 0.496 e. The van der Waals surface area contributed by atoms with E-state index in [1.54, 1.807) is 18.2 Å². The summed E-state index contributed by atoms with van der Waals surface area (Å²) >= 11 is 5.94. The topological polar surface area (TPSA) is 63.4 Å². The van der Waals surface area contributed by atoms with Crippen molar-refractivity contribution in [2.45, 2.75) is 18.6 Å². The summed E-state index contributed by atoms with van der Waals surface area (Å²) in [6.45, 7) is 0.549. The summed E-state index contributed by atoms with van der Waals surface area (Å²) in [5, 5.41) is 4.16. The van der Waals surface area contributed by atoms with Crippen molar-refractivity contribution in [1.82, 2.24) is 10.3 Å². The van der Waals surface area contributed by atoms with E-state index in [1.165, 1.54) is 19.2 Å². The molecular weight excluding hydrogens is 371 g/mol. The number of nitrogens with one attached hydrogen (secondary N) is 2. The first-order valence-corrected chi connectivity index (χ1v) is 8.98. The number of carbonyl (C=O) groups excluding carboxylic acids is 1. The Bertz CT molecular complexity index is 987. The predicted molar refractivity (Wildman–Crippen MR) is 101 cm³/mol. The first-order chi connectivity index (χ1) is 13.1. The Kier molecular flexibility index (Phi) is 4.76. The summed E-state index contributed by atoms with van der Waals surface area (Å²) in [6, 6.07) is 11.6. The van der Waals surface area contributed by atoms with Gasteiger partial charge in [-0.2, -0.15) is 0 Å². The maximum Gasteiger partial charge on any atom is 0.268 e. The zero-order valence-corrected chi connectivity index (χ0v) is 15.3. The SMILES string of the molecule is COc1ccc(F)c2[nH]c(C(=O)N[C@@H]3CCO[C@H]3c3ccc(Cl)cc3)cc12. The quantitative estimate of drug-likeness (QED) is 0.703. The fourth-order valence-corrected chi connectivity index (χ4v) is 3.55. The molecule has 1 aliphatic rings. The number of amides is 1. The van der Waals surface area contributed by atoms with Gasteiger partial charge in [0.25, 0.3) is 5.91 Å². The zero-order chi connectivity index (χ0) is 19.0. The van der Waals surface area contributed by atoms with E-state index in [0.717, 1.165) is 5.56 Å².